The zero-order chi connectivity index (χ0) is 8.55. The molecule has 2 rings (SSSR count). The summed E-state index contributed by atoms with van der Waals surface area (Å²) < 4.78 is 5.94. The van der Waals surface area contributed by atoms with E-state index in [1.807, 2.05) is 0 Å². The van der Waals surface area contributed by atoms with E-state index >= 15 is 0 Å². The van der Waals surface area contributed by atoms with Crippen molar-refractivity contribution < 1.29 is 4.74 Å². The average molecular weight is 205 g/mol. The number of nitrogens with zero attached hydrogens (tertiary/aromatic N) is 2. The van der Waals surface area contributed by atoms with Gasteiger partial charge >= 0.3 is 0 Å². The molecular formula is C7H9ClN2OS. The minimum Gasteiger partial charge on any atom is -0.378 e. The molecule has 1 aromatic rings. The molecule has 1 aliphatic rings. The van der Waals surface area contributed by atoms with Crippen molar-refractivity contribution in [3.8, 4) is 0 Å². The Morgan fingerprint density at radius 3 is 2.92 bits per heavy atom. The van der Waals surface area contributed by atoms with E-state index in [-0.39, 0.29) is 0 Å². The number of halogens is 1. The minimum atomic E-state index is 0.345. The largest absolute Gasteiger partial charge is 0.378 e. The van der Waals surface area contributed by atoms with Gasteiger partial charge in [0.25, 0.3) is 0 Å². The van der Waals surface area contributed by atoms with Crippen LogP contribution in [0.3, 0.4) is 0 Å². The second kappa shape index (κ2) is 3.28. The van der Waals surface area contributed by atoms with E-state index in [1.165, 1.54) is 11.3 Å². The molecule has 5 heteroatoms. The lowest BCUT2D eigenvalue weighted by Gasteiger charge is -1.99. The minimum absolute atomic E-state index is 0.345. The molecule has 0 saturated carbocycles. The zero-order valence-electron chi connectivity index (χ0n) is 6.66. The highest BCUT2D eigenvalue weighted by Crippen LogP contribution is 2.31. The van der Waals surface area contributed by atoms with Crippen LogP contribution < -0.4 is 0 Å². The number of aromatic nitrogens is 2. The third kappa shape index (κ3) is 1.60. The summed E-state index contributed by atoms with van der Waals surface area (Å²) in [6.45, 7) is 2.83. The van der Waals surface area contributed by atoms with Crippen LogP contribution in [0.5, 0.6) is 0 Å². The maximum Gasteiger partial charge on any atom is 0.207 e. The fraction of sp³-hybridized carbons (Fsp3) is 0.714. The first-order valence-corrected chi connectivity index (χ1v) is 5.05. The van der Waals surface area contributed by atoms with E-state index in [2.05, 4.69) is 17.1 Å². The normalized spacial score (nSPS) is 29.5. The molecule has 0 aromatic carbocycles. The summed E-state index contributed by atoms with van der Waals surface area (Å²) in [5.41, 5.74) is 0. The van der Waals surface area contributed by atoms with Gasteiger partial charge in [0.2, 0.25) is 4.47 Å². The Morgan fingerprint density at radius 2 is 2.42 bits per heavy atom. The van der Waals surface area contributed by atoms with E-state index in [4.69, 9.17) is 16.3 Å². The van der Waals surface area contributed by atoms with Gasteiger partial charge in [0.15, 0.2) is 0 Å². The third-order valence-electron chi connectivity index (χ3n) is 1.96. The molecule has 0 aliphatic carbocycles. The molecule has 2 unspecified atom stereocenters. The Kier molecular flexibility index (Phi) is 2.30. The predicted molar refractivity (Wildman–Crippen MR) is 47.7 cm³/mol. The fourth-order valence-electron chi connectivity index (χ4n) is 1.37. The molecule has 1 saturated heterocycles. The Bertz CT molecular complexity index is 278. The smallest absolute Gasteiger partial charge is 0.207 e. The topological polar surface area (TPSA) is 35.0 Å². The van der Waals surface area contributed by atoms with Crippen LogP contribution >= 0.6 is 22.9 Å². The van der Waals surface area contributed by atoms with Crippen LogP contribution in [-0.4, -0.2) is 22.9 Å². The van der Waals surface area contributed by atoms with Crippen molar-refractivity contribution in [1.29, 1.82) is 0 Å². The summed E-state index contributed by atoms with van der Waals surface area (Å²) in [6.07, 6.45) is 1.38. The van der Waals surface area contributed by atoms with E-state index < -0.39 is 0 Å². The quantitative estimate of drug-likeness (QED) is 0.703. The lowest BCUT2D eigenvalue weighted by atomic mass is 10.1. The number of rotatable bonds is 1. The van der Waals surface area contributed by atoms with Crippen molar-refractivity contribution >= 4 is 22.9 Å². The highest BCUT2D eigenvalue weighted by atomic mass is 35.5. The van der Waals surface area contributed by atoms with Crippen molar-refractivity contribution in [1.82, 2.24) is 10.2 Å². The van der Waals surface area contributed by atoms with E-state index in [9.17, 15) is 0 Å². The van der Waals surface area contributed by atoms with Crippen LogP contribution in [0.1, 0.15) is 24.3 Å². The molecule has 2 heterocycles. The Labute approximate surface area is 79.7 Å². The summed E-state index contributed by atoms with van der Waals surface area (Å²) >= 11 is 7.13. The van der Waals surface area contributed by atoms with Gasteiger partial charge in [-0.2, -0.15) is 0 Å². The number of hydrogen-bond donors (Lipinski definition) is 0. The number of ether oxygens (including phenoxy) is 1. The summed E-state index contributed by atoms with van der Waals surface area (Å²) in [4.78, 5) is 0. The molecule has 1 aliphatic heterocycles. The van der Waals surface area contributed by atoms with Gasteiger partial charge in [-0.1, -0.05) is 11.3 Å². The van der Waals surface area contributed by atoms with E-state index in [1.54, 1.807) is 0 Å². The van der Waals surface area contributed by atoms with Crippen LogP contribution in [0.15, 0.2) is 0 Å². The summed E-state index contributed by atoms with van der Waals surface area (Å²) in [6, 6.07) is 0. The first kappa shape index (κ1) is 8.41. The van der Waals surface area contributed by atoms with Crippen molar-refractivity contribution in [2.75, 3.05) is 6.61 Å². The molecule has 2 atom stereocenters. The van der Waals surface area contributed by atoms with Crippen molar-refractivity contribution in [2.24, 2.45) is 0 Å². The van der Waals surface area contributed by atoms with Gasteiger partial charge in [-0.25, -0.2) is 0 Å². The van der Waals surface area contributed by atoms with Gasteiger partial charge in [0.1, 0.15) is 5.01 Å². The average Bonchev–Trinajstić information content (AvgIpc) is 2.58. The molecule has 1 fully saturated rings. The standard InChI is InChI=1S/C7H9ClN2OS/c1-4-2-5(3-11-4)6-9-10-7(8)12-6/h4-5H,2-3H2,1H3. The Morgan fingerprint density at radius 1 is 1.58 bits per heavy atom. The lowest BCUT2D eigenvalue weighted by molar-refractivity contribution is 0.123. The predicted octanol–water partition coefficient (Wildman–Crippen LogP) is 2.08. The summed E-state index contributed by atoms with van der Waals surface area (Å²) in [7, 11) is 0. The maximum atomic E-state index is 5.68. The van der Waals surface area contributed by atoms with Gasteiger partial charge in [0.05, 0.1) is 12.7 Å². The van der Waals surface area contributed by atoms with Crippen LogP contribution in [-0.2, 0) is 4.74 Å². The maximum absolute atomic E-state index is 5.68. The van der Waals surface area contributed by atoms with Gasteiger partial charge < -0.3 is 4.74 Å². The Hall–Kier alpha value is -0.190. The molecule has 0 N–H and O–H groups in total. The Balaban J connectivity index is 2.11. The third-order valence-corrected chi connectivity index (χ3v) is 3.14. The highest BCUT2D eigenvalue weighted by Gasteiger charge is 2.26. The van der Waals surface area contributed by atoms with Gasteiger partial charge in [-0.3, -0.25) is 0 Å². The summed E-state index contributed by atoms with van der Waals surface area (Å²) in [5.74, 6) is 0.407. The van der Waals surface area contributed by atoms with Gasteiger partial charge in [-0.15, -0.1) is 10.2 Å². The van der Waals surface area contributed by atoms with E-state index in [0.717, 1.165) is 18.0 Å². The van der Waals surface area contributed by atoms with Crippen LogP contribution in [0.2, 0.25) is 4.47 Å². The molecule has 66 valence electrons. The first-order valence-electron chi connectivity index (χ1n) is 3.86. The molecule has 0 bridgehead atoms. The van der Waals surface area contributed by atoms with Crippen LogP contribution in [0, 0.1) is 0 Å². The molecular weight excluding hydrogens is 196 g/mol. The molecule has 3 nitrogen and oxygen atoms in total. The highest BCUT2D eigenvalue weighted by molar-refractivity contribution is 7.15. The second-order valence-corrected chi connectivity index (χ2v) is 4.56. The van der Waals surface area contributed by atoms with Crippen molar-refractivity contribution in [2.45, 2.75) is 25.4 Å². The molecule has 0 spiro atoms. The van der Waals surface area contributed by atoms with Gasteiger partial charge in [0, 0.05) is 5.92 Å². The second-order valence-electron chi connectivity index (χ2n) is 2.97. The zero-order valence-corrected chi connectivity index (χ0v) is 8.23. The molecule has 1 aromatic heterocycles. The summed E-state index contributed by atoms with van der Waals surface area (Å²) in [5, 5.41) is 8.76. The monoisotopic (exact) mass is 204 g/mol. The van der Waals surface area contributed by atoms with Crippen LogP contribution in [0.4, 0.5) is 0 Å². The molecule has 12 heavy (non-hydrogen) atoms. The van der Waals surface area contributed by atoms with Crippen LogP contribution in [0.25, 0.3) is 0 Å². The molecule has 0 amide bonds. The van der Waals surface area contributed by atoms with Crippen molar-refractivity contribution in [3.63, 3.8) is 0 Å². The first-order chi connectivity index (χ1) is 5.75. The van der Waals surface area contributed by atoms with E-state index in [0.29, 0.717) is 16.5 Å². The van der Waals surface area contributed by atoms with Gasteiger partial charge in [-0.05, 0) is 24.9 Å². The molecule has 0 radical (unpaired) electrons. The lowest BCUT2D eigenvalue weighted by Crippen LogP contribution is -1.97. The van der Waals surface area contributed by atoms with Crippen molar-refractivity contribution in [3.05, 3.63) is 9.47 Å². The number of hydrogen-bond acceptors (Lipinski definition) is 4. The SMILES string of the molecule is CC1CC(c2nnc(Cl)s2)CO1. The fourth-order valence-corrected chi connectivity index (χ4v) is 2.31.